The van der Waals surface area contributed by atoms with Crippen molar-refractivity contribution in [2.24, 2.45) is 5.73 Å². The fourth-order valence-corrected chi connectivity index (χ4v) is 1.37. The molecule has 2 N–H and O–H groups in total. The molecule has 0 atom stereocenters. The van der Waals surface area contributed by atoms with Crippen molar-refractivity contribution >= 4 is 0 Å². The van der Waals surface area contributed by atoms with Crippen LogP contribution < -0.4 is 15.2 Å². The Morgan fingerprint density at radius 1 is 1.27 bits per heavy atom. The molecule has 0 aliphatic heterocycles. The van der Waals surface area contributed by atoms with Gasteiger partial charge in [-0.15, -0.1) is 0 Å². The van der Waals surface area contributed by atoms with Crippen molar-refractivity contribution in [2.75, 3.05) is 20.3 Å². The molecule has 0 saturated heterocycles. The van der Waals surface area contributed by atoms with E-state index in [1.54, 1.807) is 7.11 Å². The maximum atomic E-state index is 5.55. The van der Waals surface area contributed by atoms with E-state index in [0.717, 1.165) is 24.3 Å². The molecule has 1 rings (SSSR count). The molecular weight excluding hydrogens is 190 g/mol. The Balaban J connectivity index is 2.78. The first kappa shape index (κ1) is 11.9. The zero-order valence-electron chi connectivity index (χ0n) is 9.45. The molecule has 0 heterocycles. The summed E-state index contributed by atoms with van der Waals surface area (Å²) in [4.78, 5) is 0. The minimum absolute atomic E-state index is 0.651. The summed E-state index contributed by atoms with van der Waals surface area (Å²) in [7, 11) is 1.65. The summed E-state index contributed by atoms with van der Waals surface area (Å²) in [5.41, 5.74) is 6.68. The van der Waals surface area contributed by atoms with Gasteiger partial charge >= 0.3 is 0 Å². The van der Waals surface area contributed by atoms with Crippen LogP contribution in [0.2, 0.25) is 0 Å². The van der Waals surface area contributed by atoms with Crippen LogP contribution in [0.15, 0.2) is 18.2 Å². The normalized spacial score (nSPS) is 10.1. The van der Waals surface area contributed by atoms with Crippen LogP contribution in [0, 0.1) is 0 Å². The number of nitrogens with two attached hydrogens (primary N) is 1. The van der Waals surface area contributed by atoms with Gasteiger partial charge in [0.1, 0.15) is 0 Å². The van der Waals surface area contributed by atoms with E-state index in [2.05, 4.69) is 6.92 Å². The van der Waals surface area contributed by atoms with Crippen molar-refractivity contribution in [3.05, 3.63) is 23.8 Å². The lowest BCUT2D eigenvalue weighted by molar-refractivity contribution is 0.294. The predicted molar refractivity (Wildman–Crippen MR) is 61.5 cm³/mol. The Bertz CT molecular complexity index is 300. The topological polar surface area (TPSA) is 44.5 Å². The molecular formula is C12H19NO2. The highest BCUT2D eigenvalue weighted by molar-refractivity contribution is 5.43. The molecule has 0 radical (unpaired) electrons. The van der Waals surface area contributed by atoms with Crippen molar-refractivity contribution in [1.82, 2.24) is 0 Å². The average Bonchev–Trinajstić information content (AvgIpc) is 2.27. The lowest BCUT2D eigenvalue weighted by atomic mass is 10.1. The number of hydrogen-bond acceptors (Lipinski definition) is 3. The largest absolute Gasteiger partial charge is 0.493 e. The molecule has 1 aromatic rings. The summed E-state index contributed by atoms with van der Waals surface area (Å²) >= 11 is 0. The van der Waals surface area contributed by atoms with E-state index in [9.17, 15) is 0 Å². The smallest absolute Gasteiger partial charge is 0.161 e. The van der Waals surface area contributed by atoms with Crippen LogP contribution in [-0.2, 0) is 6.42 Å². The highest BCUT2D eigenvalue weighted by Crippen LogP contribution is 2.28. The third kappa shape index (κ3) is 3.44. The van der Waals surface area contributed by atoms with Crippen molar-refractivity contribution in [3.63, 3.8) is 0 Å². The first-order valence-corrected chi connectivity index (χ1v) is 5.31. The van der Waals surface area contributed by atoms with Gasteiger partial charge in [0.2, 0.25) is 0 Å². The van der Waals surface area contributed by atoms with Gasteiger partial charge < -0.3 is 15.2 Å². The summed E-state index contributed by atoms with van der Waals surface area (Å²) in [6.45, 7) is 3.44. The van der Waals surface area contributed by atoms with Crippen molar-refractivity contribution in [1.29, 1.82) is 0 Å². The SMILES string of the molecule is CCCOc1ccc(CCN)cc1OC. The summed E-state index contributed by atoms with van der Waals surface area (Å²) in [5.74, 6) is 1.59. The highest BCUT2D eigenvalue weighted by Gasteiger charge is 2.04. The third-order valence-corrected chi connectivity index (χ3v) is 2.12. The van der Waals surface area contributed by atoms with Gasteiger partial charge in [0.25, 0.3) is 0 Å². The minimum Gasteiger partial charge on any atom is -0.493 e. The first-order chi connectivity index (χ1) is 7.31. The highest BCUT2D eigenvalue weighted by atomic mass is 16.5. The number of methoxy groups -OCH3 is 1. The number of hydrogen-bond donors (Lipinski definition) is 1. The lowest BCUT2D eigenvalue weighted by Gasteiger charge is -2.11. The zero-order valence-corrected chi connectivity index (χ0v) is 9.45. The molecule has 3 nitrogen and oxygen atoms in total. The third-order valence-electron chi connectivity index (χ3n) is 2.12. The van der Waals surface area contributed by atoms with E-state index < -0.39 is 0 Å². The van der Waals surface area contributed by atoms with Gasteiger partial charge in [-0.1, -0.05) is 13.0 Å². The molecule has 1 aromatic carbocycles. The fourth-order valence-electron chi connectivity index (χ4n) is 1.37. The van der Waals surface area contributed by atoms with E-state index in [1.165, 1.54) is 5.56 Å². The zero-order chi connectivity index (χ0) is 11.1. The molecule has 0 aromatic heterocycles. The van der Waals surface area contributed by atoms with Gasteiger partial charge in [-0.25, -0.2) is 0 Å². The second-order valence-corrected chi connectivity index (χ2v) is 3.37. The molecule has 3 heteroatoms. The maximum absolute atomic E-state index is 5.55. The Morgan fingerprint density at radius 2 is 2.07 bits per heavy atom. The molecule has 0 saturated carbocycles. The van der Waals surface area contributed by atoms with Gasteiger partial charge in [-0.2, -0.15) is 0 Å². The van der Waals surface area contributed by atoms with Gasteiger partial charge in [-0.3, -0.25) is 0 Å². The van der Waals surface area contributed by atoms with E-state index in [-0.39, 0.29) is 0 Å². The van der Waals surface area contributed by atoms with Gasteiger partial charge in [0.05, 0.1) is 13.7 Å². The molecule has 15 heavy (non-hydrogen) atoms. The molecule has 0 aliphatic carbocycles. The lowest BCUT2D eigenvalue weighted by Crippen LogP contribution is -2.03. The average molecular weight is 209 g/mol. The van der Waals surface area contributed by atoms with Gasteiger partial charge in [-0.05, 0) is 37.1 Å². The van der Waals surface area contributed by atoms with Crippen LogP contribution in [-0.4, -0.2) is 20.3 Å². The molecule has 0 unspecified atom stereocenters. The number of rotatable bonds is 6. The van der Waals surface area contributed by atoms with E-state index >= 15 is 0 Å². The van der Waals surface area contributed by atoms with Crippen LogP contribution in [0.25, 0.3) is 0 Å². The summed E-state index contributed by atoms with van der Waals surface area (Å²) in [5, 5.41) is 0. The maximum Gasteiger partial charge on any atom is 0.161 e. The molecule has 0 aliphatic rings. The molecule has 0 spiro atoms. The van der Waals surface area contributed by atoms with Gasteiger partial charge in [0, 0.05) is 0 Å². The van der Waals surface area contributed by atoms with Crippen molar-refractivity contribution in [2.45, 2.75) is 19.8 Å². The quantitative estimate of drug-likeness (QED) is 0.779. The molecule has 0 fully saturated rings. The van der Waals surface area contributed by atoms with Crippen LogP contribution in [0.3, 0.4) is 0 Å². The Morgan fingerprint density at radius 3 is 2.67 bits per heavy atom. The Hall–Kier alpha value is -1.22. The number of benzene rings is 1. The van der Waals surface area contributed by atoms with Crippen molar-refractivity contribution in [3.8, 4) is 11.5 Å². The van der Waals surface area contributed by atoms with Crippen molar-refractivity contribution < 1.29 is 9.47 Å². The monoisotopic (exact) mass is 209 g/mol. The summed E-state index contributed by atoms with van der Waals surface area (Å²) in [6.07, 6.45) is 1.86. The van der Waals surface area contributed by atoms with E-state index in [1.807, 2.05) is 18.2 Å². The molecule has 0 amide bonds. The standard InChI is InChI=1S/C12H19NO2/c1-3-8-15-11-5-4-10(6-7-13)9-12(11)14-2/h4-5,9H,3,6-8,13H2,1-2H3. The second-order valence-electron chi connectivity index (χ2n) is 3.37. The molecule has 0 bridgehead atoms. The van der Waals surface area contributed by atoms with Gasteiger partial charge in [0.15, 0.2) is 11.5 Å². The van der Waals surface area contributed by atoms with E-state index in [4.69, 9.17) is 15.2 Å². The Kier molecular flexibility index (Phi) is 4.98. The Labute approximate surface area is 91.2 Å². The van der Waals surface area contributed by atoms with Crippen LogP contribution >= 0.6 is 0 Å². The fraction of sp³-hybridized carbons (Fsp3) is 0.500. The summed E-state index contributed by atoms with van der Waals surface area (Å²) < 4.78 is 10.8. The first-order valence-electron chi connectivity index (χ1n) is 5.31. The second kappa shape index (κ2) is 6.30. The minimum atomic E-state index is 0.651. The van der Waals surface area contributed by atoms with Crippen LogP contribution in [0.5, 0.6) is 11.5 Å². The van der Waals surface area contributed by atoms with E-state index in [0.29, 0.717) is 13.2 Å². The van der Waals surface area contributed by atoms with Crippen LogP contribution in [0.4, 0.5) is 0 Å². The molecule has 84 valence electrons. The predicted octanol–water partition coefficient (Wildman–Crippen LogP) is 1.99. The summed E-state index contributed by atoms with van der Waals surface area (Å²) in [6, 6.07) is 5.96. The number of ether oxygens (including phenoxy) is 2. The van der Waals surface area contributed by atoms with Crippen LogP contribution in [0.1, 0.15) is 18.9 Å².